The second-order valence-electron chi connectivity index (χ2n) is 12.2. The second-order valence-corrected chi connectivity index (χ2v) is 12.2. The fraction of sp³-hybridized carbons (Fsp3) is 0.333. The van der Waals surface area contributed by atoms with Crippen LogP contribution in [0.2, 0.25) is 0 Å². The molecule has 0 saturated carbocycles. The van der Waals surface area contributed by atoms with Crippen LogP contribution in [0.3, 0.4) is 0 Å². The number of nitrogens with one attached hydrogen (secondary N) is 1. The molecule has 0 fully saturated rings. The maximum Gasteiger partial charge on any atom is 0.118 e. The molecule has 0 aliphatic heterocycles. The maximum atomic E-state index is 6.45. The molecule has 0 spiro atoms. The average molecular weight is 634 g/mol. The van der Waals surface area contributed by atoms with Gasteiger partial charge in [-0.15, -0.1) is 0 Å². The van der Waals surface area contributed by atoms with Gasteiger partial charge in [-0.2, -0.15) is 0 Å². The first-order valence-corrected chi connectivity index (χ1v) is 16.7. The number of hydrogen-bond donors (Lipinski definition) is 1. The van der Waals surface area contributed by atoms with Crippen LogP contribution in [0.25, 0.3) is 12.2 Å². The van der Waals surface area contributed by atoms with Gasteiger partial charge in [0.05, 0.1) is 26.4 Å². The molecule has 0 heterocycles. The van der Waals surface area contributed by atoms with E-state index >= 15 is 0 Å². The molecule has 5 heteroatoms. The van der Waals surface area contributed by atoms with Gasteiger partial charge < -0.3 is 24.3 Å². The van der Waals surface area contributed by atoms with E-state index in [-0.39, 0.29) is 24.4 Å². The van der Waals surface area contributed by atoms with Crippen molar-refractivity contribution >= 4 is 23.5 Å². The highest BCUT2D eigenvalue weighted by molar-refractivity contribution is 5.81. The molecule has 5 nitrogen and oxygen atoms in total. The predicted octanol–water partition coefficient (Wildman–Crippen LogP) is 11.1. The standard InChI is InChI=1S/C42H51NO4/c1-8-9-13-32-20-27-40(43-35-14-11-10-12-15-35)39(26-29-42(47-31(4)5)34-18-23-37(45-7)24-19-34)38(32)25-28-41(46-30(2)3)33-16-21-36(44-6)22-17-33/h10-12,14-31,41-43H,8-9,13H2,1-7H3/b28-25+,29-26+. The van der Waals surface area contributed by atoms with Crippen LogP contribution in [0.15, 0.2) is 103 Å². The van der Waals surface area contributed by atoms with Crippen molar-refractivity contribution in [3.8, 4) is 11.5 Å². The number of unbranched alkanes of at least 4 members (excludes halogenated alkanes) is 1. The Morgan fingerprint density at radius 2 is 1.13 bits per heavy atom. The molecular weight excluding hydrogens is 582 g/mol. The van der Waals surface area contributed by atoms with E-state index in [1.807, 2.05) is 42.5 Å². The summed E-state index contributed by atoms with van der Waals surface area (Å²) in [5.74, 6) is 1.64. The summed E-state index contributed by atoms with van der Waals surface area (Å²) >= 11 is 0. The van der Waals surface area contributed by atoms with Crippen molar-refractivity contribution in [3.63, 3.8) is 0 Å². The molecule has 0 saturated heterocycles. The molecule has 47 heavy (non-hydrogen) atoms. The fourth-order valence-corrected chi connectivity index (χ4v) is 5.44. The van der Waals surface area contributed by atoms with Crippen molar-refractivity contribution in [3.05, 3.63) is 131 Å². The normalized spacial score (nSPS) is 13.0. The van der Waals surface area contributed by atoms with Gasteiger partial charge in [0.1, 0.15) is 23.7 Å². The monoisotopic (exact) mass is 633 g/mol. The smallest absolute Gasteiger partial charge is 0.118 e. The van der Waals surface area contributed by atoms with Gasteiger partial charge in [-0.05, 0) is 105 Å². The Morgan fingerprint density at radius 3 is 1.60 bits per heavy atom. The highest BCUT2D eigenvalue weighted by Crippen LogP contribution is 2.34. The Labute approximate surface area is 282 Å². The third-order valence-corrected chi connectivity index (χ3v) is 7.83. The molecule has 0 aromatic heterocycles. The molecule has 4 rings (SSSR count). The highest BCUT2D eigenvalue weighted by atomic mass is 16.5. The van der Waals surface area contributed by atoms with Gasteiger partial charge >= 0.3 is 0 Å². The number of hydrogen-bond acceptors (Lipinski definition) is 5. The zero-order valence-corrected chi connectivity index (χ0v) is 29.0. The number of anilines is 2. The quantitative estimate of drug-likeness (QED) is 0.125. The van der Waals surface area contributed by atoms with E-state index in [4.69, 9.17) is 18.9 Å². The molecule has 0 aliphatic rings. The molecule has 0 aliphatic carbocycles. The van der Waals surface area contributed by atoms with Crippen LogP contribution < -0.4 is 14.8 Å². The lowest BCUT2D eigenvalue weighted by molar-refractivity contribution is 0.0350. The molecule has 0 amide bonds. The van der Waals surface area contributed by atoms with Gasteiger partial charge in [-0.1, -0.05) is 86.2 Å². The van der Waals surface area contributed by atoms with Crippen LogP contribution in [-0.4, -0.2) is 26.4 Å². The summed E-state index contributed by atoms with van der Waals surface area (Å²) in [6.45, 7) is 10.5. The van der Waals surface area contributed by atoms with Crippen LogP contribution >= 0.6 is 0 Å². The number of rotatable bonds is 17. The summed E-state index contributed by atoms with van der Waals surface area (Å²) in [7, 11) is 3.37. The van der Waals surface area contributed by atoms with Crippen molar-refractivity contribution in [2.24, 2.45) is 0 Å². The van der Waals surface area contributed by atoms with Gasteiger partial charge in [0.2, 0.25) is 0 Å². The average Bonchev–Trinajstić information content (AvgIpc) is 3.08. The van der Waals surface area contributed by atoms with Crippen LogP contribution in [-0.2, 0) is 15.9 Å². The van der Waals surface area contributed by atoms with E-state index in [9.17, 15) is 0 Å². The first kappa shape index (κ1) is 35.5. The minimum Gasteiger partial charge on any atom is -0.497 e. The maximum absolute atomic E-state index is 6.45. The number of methoxy groups -OCH3 is 2. The topological polar surface area (TPSA) is 49.0 Å². The van der Waals surface area contributed by atoms with E-state index in [1.165, 1.54) is 11.1 Å². The summed E-state index contributed by atoms with van der Waals surface area (Å²) in [4.78, 5) is 0. The van der Waals surface area contributed by atoms with Crippen molar-refractivity contribution in [2.45, 2.75) is 78.3 Å². The van der Waals surface area contributed by atoms with Gasteiger partial charge in [0.15, 0.2) is 0 Å². The minimum absolute atomic E-state index is 0.0438. The molecule has 4 aromatic rings. The summed E-state index contributed by atoms with van der Waals surface area (Å²) in [5.41, 5.74) is 7.76. The van der Waals surface area contributed by atoms with Crippen LogP contribution in [0.1, 0.15) is 87.5 Å². The van der Waals surface area contributed by atoms with E-state index in [1.54, 1.807) is 14.2 Å². The Balaban J connectivity index is 1.86. The highest BCUT2D eigenvalue weighted by Gasteiger charge is 2.16. The Kier molecular flexibility index (Phi) is 13.7. The molecule has 0 bridgehead atoms. The van der Waals surface area contributed by atoms with E-state index in [0.29, 0.717) is 0 Å². The Bertz CT molecular complexity index is 1560. The van der Waals surface area contributed by atoms with E-state index in [2.05, 4.69) is 113 Å². The van der Waals surface area contributed by atoms with E-state index < -0.39 is 0 Å². The van der Waals surface area contributed by atoms with Gasteiger partial charge in [-0.3, -0.25) is 0 Å². The number of ether oxygens (including phenoxy) is 4. The summed E-state index contributed by atoms with van der Waals surface area (Å²) in [6.07, 6.45) is 11.6. The summed E-state index contributed by atoms with van der Waals surface area (Å²) < 4.78 is 23.7. The lowest BCUT2D eigenvalue weighted by atomic mass is 9.93. The van der Waals surface area contributed by atoms with Gasteiger partial charge in [0, 0.05) is 16.9 Å². The fourth-order valence-electron chi connectivity index (χ4n) is 5.44. The Morgan fingerprint density at radius 1 is 0.617 bits per heavy atom. The van der Waals surface area contributed by atoms with Crippen LogP contribution in [0.4, 0.5) is 11.4 Å². The number of aryl methyl sites for hydroxylation is 1. The van der Waals surface area contributed by atoms with Crippen molar-refractivity contribution in [2.75, 3.05) is 19.5 Å². The third-order valence-electron chi connectivity index (χ3n) is 7.83. The van der Waals surface area contributed by atoms with Crippen molar-refractivity contribution < 1.29 is 18.9 Å². The van der Waals surface area contributed by atoms with E-state index in [0.717, 1.165) is 58.8 Å². The lowest BCUT2D eigenvalue weighted by Crippen LogP contribution is -2.09. The van der Waals surface area contributed by atoms with Crippen LogP contribution in [0, 0.1) is 0 Å². The largest absolute Gasteiger partial charge is 0.497 e. The molecule has 2 atom stereocenters. The SMILES string of the molecule is CCCCc1ccc(Nc2ccccc2)c(/C=C/C(OC(C)C)c2ccc(OC)cc2)c1/C=C/C(OC(C)C)c1ccc(OC)cc1. The molecule has 0 radical (unpaired) electrons. The molecule has 4 aromatic carbocycles. The van der Waals surface area contributed by atoms with Gasteiger partial charge in [-0.25, -0.2) is 0 Å². The van der Waals surface area contributed by atoms with Crippen LogP contribution in [0.5, 0.6) is 11.5 Å². The van der Waals surface area contributed by atoms with Crippen molar-refractivity contribution in [1.82, 2.24) is 0 Å². The lowest BCUT2D eigenvalue weighted by Gasteiger charge is -2.21. The molecular formula is C42H51NO4. The zero-order valence-electron chi connectivity index (χ0n) is 29.0. The van der Waals surface area contributed by atoms with Gasteiger partial charge in [0.25, 0.3) is 0 Å². The molecule has 248 valence electrons. The number of benzene rings is 4. The zero-order chi connectivity index (χ0) is 33.6. The summed E-state index contributed by atoms with van der Waals surface area (Å²) in [6, 6.07) is 31.0. The molecule has 2 unspecified atom stereocenters. The number of para-hydroxylation sites is 1. The predicted molar refractivity (Wildman–Crippen MR) is 197 cm³/mol. The first-order chi connectivity index (χ1) is 22.8. The summed E-state index contributed by atoms with van der Waals surface area (Å²) in [5, 5.41) is 3.69. The Hall–Kier alpha value is -4.32. The second kappa shape index (κ2) is 18.1. The minimum atomic E-state index is -0.238. The van der Waals surface area contributed by atoms with Crippen molar-refractivity contribution in [1.29, 1.82) is 0 Å². The third kappa shape index (κ3) is 10.6. The molecule has 1 N–H and O–H groups in total. The first-order valence-electron chi connectivity index (χ1n) is 16.7.